The zero-order valence-corrected chi connectivity index (χ0v) is 14.1. The number of hydrogen-bond acceptors (Lipinski definition) is 4. The van der Waals surface area contributed by atoms with Crippen LogP contribution in [-0.2, 0) is 6.54 Å². The largest absolute Gasteiger partial charge is 0.393 e. The molecule has 0 spiro atoms. The third kappa shape index (κ3) is 4.54. The minimum absolute atomic E-state index is 0.0764. The molecule has 1 aliphatic carbocycles. The molecule has 2 N–H and O–H groups in total. The SMILES string of the molecule is CCCCn1ncc(NCC2CCC(O)CC2)c(Br)c1=O. The average molecular weight is 358 g/mol. The van der Waals surface area contributed by atoms with Crippen LogP contribution in [0.3, 0.4) is 0 Å². The zero-order valence-electron chi connectivity index (χ0n) is 12.5. The summed E-state index contributed by atoms with van der Waals surface area (Å²) in [5.41, 5.74) is 0.686. The Morgan fingerprint density at radius 1 is 1.43 bits per heavy atom. The molecule has 118 valence electrons. The van der Waals surface area contributed by atoms with E-state index in [1.54, 1.807) is 6.20 Å². The van der Waals surface area contributed by atoms with Gasteiger partial charge in [-0.2, -0.15) is 5.10 Å². The Bertz CT molecular complexity index is 510. The number of nitrogens with zero attached hydrogens (tertiary/aromatic N) is 2. The standard InChI is InChI=1S/C15H24BrN3O2/c1-2-3-8-19-15(21)14(16)13(10-18-19)17-9-11-4-6-12(20)7-5-11/h10-12,17,20H,2-9H2,1H3. The van der Waals surface area contributed by atoms with Gasteiger partial charge >= 0.3 is 0 Å². The summed E-state index contributed by atoms with van der Waals surface area (Å²) in [4.78, 5) is 12.2. The predicted octanol–water partition coefficient (Wildman–Crippen LogP) is 2.77. The van der Waals surface area contributed by atoms with Crippen molar-refractivity contribution in [2.45, 2.75) is 58.1 Å². The molecule has 0 radical (unpaired) electrons. The molecule has 0 saturated heterocycles. The quantitative estimate of drug-likeness (QED) is 0.821. The summed E-state index contributed by atoms with van der Waals surface area (Å²) in [5, 5.41) is 17.1. The molecule has 1 fully saturated rings. The monoisotopic (exact) mass is 357 g/mol. The van der Waals surface area contributed by atoms with E-state index in [9.17, 15) is 9.90 Å². The van der Waals surface area contributed by atoms with Gasteiger partial charge in [0.05, 0.1) is 18.0 Å². The fourth-order valence-electron chi connectivity index (χ4n) is 2.66. The fraction of sp³-hybridized carbons (Fsp3) is 0.733. The summed E-state index contributed by atoms with van der Waals surface area (Å²) >= 11 is 3.38. The lowest BCUT2D eigenvalue weighted by molar-refractivity contribution is 0.111. The van der Waals surface area contributed by atoms with Crippen LogP contribution >= 0.6 is 15.9 Å². The van der Waals surface area contributed by atoms with Gasteiger partial charge in [0.25, 0.3) is 5.56 Å². The Hall–Kier alpha value is -0.880. The molecule has 1 heterocycles. The van der Waals surface area contributed by atoms with Gasteiger partial charge in [-0.3, -0.25) is 4.79 Å². The number of aromatic nitrogens is 2. The third-order valence-corrected chi connectivity index (χ3v) is 4.87. The molecule has 21 heavy (non-hydrogen) atoms. The van der Waals surface area contributed by atoms with E-state index >= 15 is 0 Å². The normalized spacial score (nSPS) is 22.2. The molecular formula is C15H24BrN3O2. The highest BCUT2D eigenvalue weighted by atomic mass is 79.9. The smallest absolute Gasteiger partial charge is 0.283 e. The van der Waals surface area contributed by atoms with Crippen LogP contribution in [0.15, 0.2) is 15.5 Å². The second-order valence-corrected chi connectivity index (χ2v) is 6.60. The van der Waals surface area contributed by atoms with E-state index in [4.69, 9.17) is 0 Å². The van der Waals surface area contributed by atoms with Gasteiger partial charge in [0.15, 0.2) is 0 Å². The van der Waals surface area contributed by atoms with Crippen LogP contribution in [0.1, 0.15) is 45.4 Å². The van der Waals surface area contributed by atoms with Crippen molar-refractivity contribution in [2.24, 2.45) is 5.92 Å². The van der Waals surface area contributed by atoms with Gasteiger partial charge in [-0.05, 0) is 54.0 Å². The highest BCUT2D eigenvalue weighted by Gasteiger charge is 2.19. The lowest BCUT2D eigenvalue weighted by Crippen LogP contribution is -2.27. The van der Waals surface area contributed by atoms with Crippen molar-refractivity contribution in [1.82, 2.24) is 9.78 Å². The number of anilines is 1. The molecule has 1 aliphatic rings. The van der Waals surface area contributed by atoms with Gasteiger partial charge in [-0.25, -0.2) is 4.68 Å². The molecule has 0 aliphatic heterocycles. The highest BCUT2D eigenvalue weighted by molar-refractivity contribution is 9.10. The molecule has 0 unspecified atom stereocenters. The van der Waals surface area contributed by atoms with E-state index in [0.29, 0.717) is 16.9 Å². The van der Waals surface area contributed by atoms with Crippen molar-refractivity contribution in [3.05, 3.63) is 21.0 Å². The molecule has 1 saturated carbocycles. The van der Waals surface area contributed by atoms with E-state index in [2.05, 4.69) is 33.3 Å². The van der Waals surface area contributed by atoms with Crippen molar-refractivity contribution in [1.29, 1.82) is 0 Å². The third-order valence-electron chi connectivity index (χ3n) is 4.11. The molecule has 2 rings (SSSR count). The number of aliphatic hydroxyl groups excluding tert-OH is 1. The molecule has 0 aromatic carbocycles. The number of unbranched alkanes of at least 4 members (excludes halogenated alkanes) is 1. The molecule has 5 nitrogen and oxygen atoms in total. The van der Waals surface area contributed by atoms with Gasteiger partial charge in [-0.1, -0.05) is 13.3 Å². The van der Waals surface area contributed by atoms with Crippen LogP contribution in [0.4, 0.5) is 5.69 Å². The van der Waals surface area contributed by atoms with Gasteiger partial charge in [-0.15, -0.1) is 0 Å². The lowest BCUT2D eigenvalue weighted by atomic mass is 9.87. The van der Waals surface area contributed by atoms with E-state index in [0.717, 1.165) is 50.8 Å². The Balaban J connectivity index is 1.94. The Kier molecular flexibility index (Phi) is 6.23. The second-order valence-electron chi connectivity index (χ2n) is 5.81. The Labute approximate surface area is 133 Å². The van der Waals surface area contributed by atoms with Crippen LogP contribution in [0.2, 0.25) is 0 Å². The molecular weight excluding hydrogens is 334 g/mol. The van der Waals surface area contributed by atoms with E-state index in [-0.39, 0.29) is 11.7 Å². The van der Waals surface area contributed by atoms with Gasteiger partial charge < -0.3 is 10.4 Å². The summed E-state index contributed by atoms with van der Waals surface area (Å²) in [7, 11) is 0. The van der Waals surface area contributed by atoms with Crippen LogP contribution in [0, 0.1) is 5.92 Å². The van der Waals surface area contributed by atoms with Crippen LogP contribution in [-0.4, -0.2) is 27.5 Å². The van der Waals surface area contributed by atoms with Crippen molar-refractivity contribution in [2.75, 3.05) is 11.9 Å². The van der Waals surface area contributed by atoms with Gasteiger partial charge in [0, 0.05) is 13.1 Å². The number of aryl methyl sites for hydroxylation is 1. The Morgan fingerprint density at radius 3 is 2.81 bits per heavy atom. The first-order valence-corrected chi connectivity index (χ1v) is 8.58. The van der Waals surface area contributed by atoms with Crippen LogP contribution < -0.4 is 10.9 Å². The van der Waals surface area contributed by atoms with Crippen molar-refractivity contribution >= 4 is 21.6 Å². The summed E-state index contributed by atoms with van der Waals surface area (Å²) in [6.45, 7) is 3.58. The number of hydrogen-bond donors (Lipinski definition) is 2. The number of rotatable bonds is 6. The first-order chi connectivity index (χ1) is 10.1. The lowest BCUT2D eigenvalue weighted by Gasteiger charge is -2.25. The maximum atomic E-state index is 12.2. The maximum absolute atomic E-state index is 12.2. The predicted molar refractivity (Wildman–Crippen MR) is 87.6 cm³/mol. The molecule has 0 amide bonds. The summed E-state index contributed by atoms with van der Waals surface area (Å²) < 4.78 is 2.07. The summed E-state index contributed by atoms with van der Waals surface area (Å²) in [6, 6.07) is 0. The topological polar surface area (TPSA) is 67.2 Å². The summed E-state index contributed by atoms with van der Waals surface area (Å²) in [6.07, 6.45) is 7.42. The molecule has 0 atom stereocenters. The Morgan fingerprint density at radius 2 is 2.14 bits per heavy atom. The zero-order chi connectivity index (χ0) is 15.2. The molecule has 1 aromatic rings. The van der Waals surface area contributed by atoms with E-state index in [1.807, 2.05) is 0 Å². The minimum Gasteiger partial charge on any atom is -0.393 e. The van der Waals surface area contributed by atoms with Crippen LogP contribution in [0.5, 0.6) is 0 Å². The van der Waals surface area contributed by atoms with Crippen molar-refractivity contribution in [3.63, 3.8) is 0 Å². The highest BCUT2D eigenvalue weighted by Crippen LogP contribution is 2.25. The molecule has 0 bridgehead atoms. The van der Waals surface area contributed by atoms with Crippen LogP contribution in [0.25, 0.3) is 0 Å². The minimum atomic E-state index is -0.128. The van der Waals surface area contributed by atoms with Gasteiger partial charge in [0.2, 0.25) is 0 Å². The maximum Gasteiger partial charge on any atom is 0.283 e. The number of halogens is 1. The average Bonchev–Trinajstić information content (AvgIpc) is 2.49. The molecule has 6 heteroatoms. The van der Waals surface area contributed by atoms with Crippen molar-refractivity contribution in [3.8, 4) is 0 Å². The summed E-state index contributed by atoms with van der Waals surface area (Å²) in [5.74, 6) is 0.558. The fourth-order valence-corrected chi connectivity index (χ4v) is 3.11. The van der Waals surface area contributed by atoms with Gasteiger partial charge in [0.1, 0.15) is 4.47 Å². The number of aliphatic hydroxyl groups is 1. The first-order valence-electron chi connectivity index (χ1n) is 7.79. The van der Waals surface area contributed by atoms with E-state index < -0.39 is 0 Å². The first kappa shape index (κ1) is 16.5. The van der Waals surface area contributed by atoms with E-state index in [1.165, 1.54) is 4.68 Å². The number of nitrogens with one attached hydrogen (secondary N) is 1. The van der Waals surface area contributed by atoms with Crippen molar-refractivity contribution < 1.29 is 5.11 Å². The molecule has 1 aromatic heterocycles. The second kappa shape index (κ2) is 7.94.